The molecule has 0 aromatic heterocycles. The van der Waals surface area contributed by atoms with Crippen LogP contribution in [0.5, 0.6) is 0 Å². The average molecular weight is 462 g/mol. The van der Waals surface area contributed by atoms with Crippen molar-refractivity contribution in [2.75, 3.05) is 40.8 Å². The van der Waals surface area contributed by atoms with Crippen LogP contribution in [0.15, 0.2) is 29.3 Å². The average Bonchev–Trinajstić information content (AvgIpc) is 2.41. The first-order valence-corrected chi connectivity index (χ1v) is 7.13. The number of rotatable bonds is 6. The van der Waals surface area contributed by atoms with Gasteiger partial charge in [0, 0.05) is 33.7 Å². The molecule has 0 fully saturated rings. The largest absolute Gasteiger partial charge is 0.401 e. The molecule has 0 unspecified atom stereocenters. The number of guanidine groups is 1. The van der Waals surface area contributed by atoms with E-state index in [9.17, 15) is 17.6 Å². The molecule has 0 saturated carbocycles. The van der Waals surface area contributed by atoms with E-state index in [1.54, 1.807) is 31.1 Å². The molecule has 0 heterocycles. The predicted molar refractivity (Wildman–Crippen MR) is 98.2 cm³/mol. The van der Waals surface area contributed by atoms with Gasteiger partial charge in [-0.2, -0.15) is 13.2 Å². The Morgan fingerprint density at radius 3 is 2.46 bits per heavy atom. The van der Waals surface area contributed by atoms with Crippen molar-refractivity contribution in [1.29, 1.82) is 0 Å². The van der Waals surface area contributed by atoms with Crippen molar-refractivity contribution in [3.8, 4) is 0 Å². The molecule has 24 heavy (non-hydrogen) atoms. The molecular weight excluding hydrogens is 439 g/mol. The van der Waals surface area contributed by atoms with Gasteiger partial charge in [0.2, 0.25) is 0 Å². The minimum Gasteiger partial charge on any atom is -0.355 e. The van der Waals surface area contributed by atoms with E-state index in [-0.39, 0.29) is 36.3 Å². The van der Waals surface area contributed by atoms with E-state index >= 15 is 0 Å². The quantitative estimate of drug-likeness (QED) is 0.306. The Balaban J connectivity index is 0.00000529. The maximum Gasteiger partial charge on any atom is 0.401 e. The van der Waals surface area contributed by atoms with Crippen LogP contribution in [0.25, 0.3) is 0 Å². The fourth-order valence-corrected chi connectivity index (χ4v) is 2.11. The van der Waals surface area contributed by atoms with Crippen LogP contribution in [0.4, 0.5) is 17.6 Å². The number of halogens is 5. The molecule has 4 nitrogen and oxygen atoms in total. The third-order valence-corrected chi connectivity index (χ3v) is 3.11. The molecule has 138 valence electrons. The van der Waals surface area contributed by atoms with Gasteiger partial charge >= 0.3 is 6.18 Å². The van der Waals surface area contributed by atoms with Crippen molar-refractivity contribution < 1.29 is 17.6 Å². The van der Waals surface area contributed by atoms with Gasteiger partial charge in [-0.05, 0) is 24.7 Å². The standard InChI is InChI=1S/C15H22F4N4.HI/c1-20-14(21-7-8-22(2)11-15(17,18)19)23(3)10-12-5-4-6-13(16)9-12;/h4-6,9H,7-8,10-11H2,1-3H3,(H,20,21);1H. The maximum atomic E-state index is 13.2. The Morgan fingerprint density at radius 1 is 1.25 bits per heavy atom. The fourth-order valence-electron chi connectivity index (χ4n) is 2.11. The van der Waals surface area contributed by atoms with Gasteiger partial charge in [-0.3, -0.25) is 9.89 Å². The van der Waals surface area contributed by atoms with Gasteiger partial charge in [-0.25, -0.2) is 4.39 Å². The normalized spacial score (nSPS) is 12.1. The molecule has 0 bridgehead atoms. The van der Waals surface area contributed by atoms with Gasteiger partial charge in [0.05, 0.1) is 6.54 Å². The van der Waals surface area contributed by atoms with Crippen molar-refractivity contribution in [3.63, 3.8) is 0 Å². The Morgan fingerprint density at radius 2 is 1.92 bits per heavy atom. The predicted octanol–water partition coefficient (Wildman–Crippen LogP) is 2.95. The summed E-state index contributed by atoms with van der Waals surface area (Å²) in [6.07, 6.45) is -4.20. The van der Waals surface area contributed by atoms with Crippen molar-refractivity contribution in [2.45, 2.75) is 12.7 Å². The lowest BCUT2D eigenvalue weighted by Gasteiger charge is -2.24. The smallest absolute Gasteiger partial charge is 0.355 e. The summed E-state index contributed by atoms with van der Waals surface area (Å²) in [5.41, 5.74) is 0.782. The number of nitrogens with one attached hydrogen (secondary N) is 1. The van der Waals surface area contributed by atoms with Crippen LogP contribution in [0.3, 0.4) is 0 Å². The monoisotopic (exact) mass is 462 g/mol. The molecule has 0 spiro atoms. The molecule has 1 aromatic rings. The molecule has 0 aliphatic rings. The van der Waals surface area contributed by atoms with E-state index < -0.39 is 12.7 Å². The van der Waals surface area contributed by atoms with E-state index in [2.05, 4.69) is 10.3 Å². The first-order valence-electron chi connectivity index (χ1n) is 7.13. The highest BCUT2D eigenvalue weighted by Crippen LogP contribution is 2.15. The summed E-state index contributed by atoms with van der Waals surface area (Å²) in [7, 11) is 4.78. The Bertz CT molecular complexity index is 522. The zero-order valence-corrected chi connectivity index (χ0v) is 16.2. The van der Waals surface area contributed by atoms with Crippen LogP contribution >= 0.6 is 24.0 Å². The van der Waals surface area contributed by atoms with Crippen LogP contribution < -0.4 is 5.32 Å². The zero-order chi connectivity index (χ0) is 17.5. The highest BCUT2D eigenvalue weighted by Gasteiger charge is 2.28. The molecular formula is C15H23F4IN4. The van der Waals surface area contributed by atoms with Gasteiger partial charge in [-0.15, -0.1) is 24.0 Å². The first-order chi connectivity index (χ1) is 10.7. The number of alkyl halides is 3. The maximum absolute atomic E-state index is 13.2. The second kappa shape index (κ2) is 10.7. The molecule has 0 saturated heterocycles. The topological polar surface area (TPSA) is 30.9 Å². The number of hydrogen-bond acceptors (Lipinski definition) is 2. The molecule has 9 heteroatoms. The van der Waals surface area contributed by atoms with E-state index in [0.29, 0.717) is 19.0 Å². The number of nitrogens with zero attached hydrogens (tertiary/aromatic N) is 3. The van der Waals surface area contributed by atoms with Crippen molar-refractivity contribution in [3.05, 3.63) is 35.6 Å². The second-order valence-electron chi connectivity index (χ2n) is 5.31. The van der Waals surface area contributed by atoms with Gasteiger partial charge < -0.3 is 10.2 Å². The van der Waals surface area contributed by atoms with Gasteiger partial charge in [0.25, 0.3) is 0 Å². The molecule has 0 aliphatic carbocycles. The van der Waals surface area contributed by atoms with Crippen LogP contribution in [0.2, 0.25) is 0 Å². The van der Waals surface area contributed by atoms with Crippen LogP contribution in [0, 0.1) is 5.82 Å². The lowest BCUT2D eigenvalue weighted by molar-refractivity contribution is -0.142. The van der Waals surface area contributed by atoms with E-state index in [0.717, 1.165) is 5.56 Å². The summed E-state index contributed by atoms with van der Waals surface area (Å²) in [5, 5.41) is 2.99. The summed E-state index contributed by atoms with van der Waals surface area (Å²) in [4.78, 5) is 7.04. The number of aliphatic imine (C=N–C) groups is 1. The molecule has 0 aliphatic heterocycles. The van der Waals surface area contributed by atoms with E-state index in [1.807, 2.05) is 0 Å². The zero-order valence-electron chi connectivity index (χ0n) is 13.9. The highest BCUT2D eigenvalue weighted by atomic mass is 127. The first kappa shape index (κ1) is 22.9. The third kappa shape index (κ3) is 9.26. The van der Waals surface area contributed by atoms with Gasteiger partial charge in [-0.1, -0.05) is 12.1 Å². The Labute approximate surface area is 156 Å². The molecule has 1 rings (SSSR count). The summed E-state index contributed by atoms with van der Waals surface area (Å²) in [6, 6.07) is 6.22. The number of likely N-dealkylation sites (N-methyl/N-ethyl adjacent to an activating group) is 1. The highest BCUT2D eigenvalue weighted by molar-refractivity contribution is 14.0. The SMILES string of the molecule is CN=C(NCCN(C)CC(F)(F)F)N(C)Cc1cccc(F)c1.I. The molecule has 0 radical (unpaired) electrons. The van der Waals surface area contributed by atoms with Crippen molar-refractivity contribution in [2.24, 2.45) is 4.99 Å². The number of benzene rings is 1. The minimum absolute atomic E-state index is 0. The molecule has 0 amide bonds. The van der Waals surface area contributed by atoms with Gasteiger partial charge in [0.1, 0.15) is 5.82 Å². The summed E-state index contributed by atoms with van der Waals surface area (Å²) >= 11 is 0. The Hall–Kier alpha value is -1.10. The van der Waals surface area contributed by atoms with Crippen LogP contribution in [0.1, 0.15) is 5.56 Å². The van der Waals surface area contributed by atoms with E-state index in [1.165, 1.54) is 24.1 Å². The molecule has 0 atom stereocenters. The fraction of sp³-hybridized carbons (Fsp3) is 0.533. The van der Waals surface area contributed by atoms with Crippen molar-refractivity contribution >= 4 is 29.9 Å². The van der Waals surface area contributed by atoms with Crippen molar-refractivity contribution in [1.82, 2.24) is 15.1 Å². The lowest BCUT2D eigenvalue weighted by atomic mass is 10.2. The van der Waals surface area contributed by atoms with Gasteiger partial charge in [0.15, 0.2) is 5.96 Å². The Kier molecular flexibility index (Phi) is 10.2. The molecule has 1 aromatic carbocycles. The second-order valence-corrected chi connectivity index (χ2v) is 5.31. The van der Waals surface area contributed by atoms with Crippen LogP contribution in [-0.2, 0) is 6.54 Å². The third-order valence-electron chi connectivity index (χ3n) is 3.11. The van der Waals surface area contributed by atoms with Crippen LogP contribution in [-0.4, -0.2) is 62.7 Å². The summed E-state index contributed by atoms with van der Waals surface area (Å²) in [5.74, 6) is 0.224. The van der Waals surface area contributed by atoms with E-state index in [4.69, 9.17) is 0 Å². The lowest BCUT2D eigenvalue weighted by Crippen LogP contribution is -2.43. The molecule has 1 N–H and O–H groups in total. The minimum atomic E-state index is -4.20. The summed E-state index contributed by atoms with van der Waals surface area (Å²) < 4.78 is 49.9. The summed E-state index contributed by atoms with van der Waals surface area (Å²) in [6.45, 7) is 0.0430. The number of hydrogen-bond donors (Lipinski definition) is 1.